The molecule has 0 aliphatic carbocycles. The normalized spacial score (nSPS) is 18.0. The lowest BCUT2D eigenvalue weighted by atomic mass is 9.74. The third-order valence-electron chi connectivity index (χ3n) is 7.44. The molecule has 10 heteroatoms. The molecule has 1 saturated heterocycles. The number of piperidine rings is 1. The lowest BCUT2D eigenvalue weighted by Crippen LogP contribution is -2.51. The van der Waals surface area contributed by atoms with Crippen molar-refractivity contribution >= 4 is 28.9 Å². The summed E-state index contributed by atoms with van der Waals surface area (Å²) in [6.45, 7) is 4.34. The van der Waals surface area contributed by atoms with Crippen LogP contribution in [0.4, 0.5) is 0 Å². The highest BCUT2D eigenvalue weighted by Gasteiger charge is 2.43. The van der Waals surface area contributed by atoms with Crippen molar-refractivity contribution in [2.45, 2.75) is 52.0 Å². The van der Waals surface area contributed by atoms with E-state index in [2.05, 4.69) is 15.6 Å². The third kappa shape index (κ3) is 6.12. The number of nitrogens with one attached hydrogen (secondary N) is 1. The standard InChI is InChI=1S/C28H33N5O4S/c1-20(34)25-15-22(19-38-25)16-26(35)32-12-8-28(9-13-32)17-23-18-33(31-30-23)11-2-14-37-24-5-3-21(4-6-24)7-10-29-27(28)36/h3-6,15,18-19H,2,7-14,16-17H2,1H3,(H,29,36). The van der Waals surface area contributed by atoms with Gasteiger partial charge in [0.2, 0.25) is 11.8 Å². The van der Waals surface area contributed by atoms with E-state index in [1.54, 1.807) is 10.7 Å². The second kappa shape index (κ2) is 11.5. The molecule has 3 aliphatic heterocycles. The Bertz CT molecular complexity index is 1290. The van der Waals surface area contributed by atoms with Crippen molar-refractivity contribution in [2.24, 2.45) is 5.41 Å². The van der Waals surface area contributed by atoms with E-state index < -0.39 is 5.41 Å². The molecule has 1 fully saturated rings. The van der Waals surface area contributed by atoms with E-state index in [0.717, 1.165) is 35.4 Å². The van der Waals surface area contributed by atoms with Gasteiger partial charge in [-0.3, -0.25) is 19.1 Å². The Labute approximate surface area is 226 Å². The fourth-order valence-corrected chi connectivity index (χ4v) is 5.97. The topological polar surface area (TPSA) is 106 Å². The molecule has 2 aromatic heterocycles. The molecule has 0 atom stereocenters. The molecule has 0 unspecified atom stereocenters. The summed E-state index contributed by atoms with van der Waals surface area (Å²) in [5, 5.41) is 13.7. The van der Waals surface area contributed by atoms with Gasteiger partial charge in [-0.1, -0.05) is 17.3 Å². The van der Waals surface area contributed by atoms with E-state index in [1.807, 2.05) is 40.7 Å². The maximum atomic E-state index is 13.6. The first-order valence-corrected chi connectivity index (χ1v) is 14.0. The lowest BCUT2D eigenvalue weighted by Gasteiger charge is -2.40. The zero-order valence-electron chi connectivity index (χ0n) is 21.6. The fourth-order valence-electron chi connectivity index (χ4n) is 5.16. The number of aromatic nitrogens is 3. The van der Waals surface area contributed by atoms with Gasteiger partial charge >= 0.3 is 0 Å². The van der Waals surface area contributed by atoms with Gasteiger partial charge in [0, 0.05) is 45.2 Å². The van der Waals surface area contributed by atoms with Crippen molar-refractivity contribution < 1.29 is 19.1 Å². The van der Waals surface area contributed by atoms with Gasteiger partial charge in [-0.2, -0.15) is 0 Å². The molecule has 1 N–H and O–H groups in total. The number of nitrogens with zero attached hydrogens (tertiary/aromatic N) is 4. The molecule has 1 spiro atoms. The summed E-state index contributed by atoms with van der Waals surface area (Å²) in [4.78, 5) is 40.8. The van der Waals surface area contributed by atoms with Gasteiger partial charge in [0.1, 0.15) is 5.75 Å². The number of rotatable bonds is 3. The van der Waals surface area contributed by atoms with Crippen LogP contribution in [0.3, 0.4) is 0 Å². The molecule has 3 aliphatic rings. The van der Waals surface area contributed by atoms with Crippen LogP contribution in [0.25, 0.3) is 0 Å². The van der Waals surface area contributed by atoms with Crippen LogP contribution < -0.4 is 10.1 Å². The number of fused-ring (bicyclic) bond motifs is 8. The van der Waals surface area contributed by atoms with Crippen LogP contribution in [0.2, 0.25) is 0 Å². The zero-order valence-corrected chi connectivity index (χ0v) is 22.5. The molecule has 38 heavy (non-hydrogen) atoms. The molecule has 1 aromatic carbocycles. The molecular formula is C28H33N5O4S. The van der Waals surface area contributed by atoms with Crippen molar-refractivity contribution in [2.75, 3.05) is 26.2 Å². The van der Waals surface area contributed by atoms with E-state index in [9.17, 15) is 14.4 Å². The highest BCUT2D eigenvalue weighted by atomic mass is 32.1. The molecule has 9 nitrogen and oxygen atoms in total. The van der Waals surface area contributed by atoms with Gasteiger partial charge in [0.05, 0.1) is 29.0 Å². The van der Waals surface area contributed by atoms with Crippen molar-refractivity contribution in [3.63, 3.8) is 0 Å². The maximum absolute atomic E-state index is 13.6. The van der Waals surface area contributed by atoms with Crippen LogP contribution in [-0.4, -0.2) is 63.7 Å². The first-order valence-electron chi connectivity index (χ1n) is 13.2. The summed E-state index contributed by atoms with van der Waals surface area (Å²) in [6.07, 6.45) is 5.31. The number of ketones is 1. The Morgan fingerprint density at radius 1 is 1.16 bits per heavy atom. The van der Waals surface area contributed by atoms with Gasteiger partial charge in [-0.25, -0.2) is 0 Å². The summed E-state index contributed by atoms with van der Waals surface area (Å²) in [5.41, 5.74) is 2.13. The number of carbonyl (C=O) groups is 3. The molecule has 2 amide bonds. The van der Waals surface area contributed by atoms with E-state index in [1.165, 1.54) is 18.3 Å². The third-order valence-corrected chi connectivity index (χ3v) is 8.52. The number of amides is 2. The van der Waals surface area contributed by atoms with E-state index in [4.69, 9.17) is 4.74 Å². The SMILES string of the molecule is CC(=O)c1cc(CC(=O)N2CCC3(CC2)Cc2cn(nn2)CCCOc2ccc(cc2)CCNC3=O)cs1. The Hall–Kier alpha value is -3.53. The second-order valence-corrected chi connectivity index (χ2v) is 11.1. The fraction of sp³-hybridized carbons (Fsp3) is 0.464. The maximum Gasteiger partial charge on any atom is 0.227 e. The number of aryl methyl sites for hydroxylation is 1. The summed E-state index contributed by atoms with van der Waals surface area (Å²) >= 11 is 1.37. The summed E-state index contributed by atoms with van der Waals surface area (Å²) < 4.78 is 7.65. The van der Waals surface area contributed by atoms with Crippen LogP contribution in [0.15, 0.2) is 41.9 Å². The minimum absolute atomic E-state index is 0.00681. The Morgan fingerprint density at radius 2 is 1.95 bits per heavy atom. The number of carbonyl (C=O) groups excluding carboxylic acids is 3. The summed E-state index contributed by atoms with van der Waals surface area (Å²) in [5.74, 6) is 0.874. The van der Waals surface area contributed by atoms with Crippen LogP contribution in [-0.2, 0) is 35.4 Å². The highest BCUT2D eigenvalue weighted by Crippen LogP contribution is 2.35. The molecule has 0 radical (unpaired) electrons. The number of likely N-dealkylation sites (tertiary alicyclic amines) is 1. The predicted octanol–water partition coefficient (Wildman–Crippen LogP) is 3.08. The monoisotopic (exact) mass is 535 g/mol. The van der Waals surface area contributed by atoms with Crippen LogP contribution >= 0.6 is 11.3 Å². The minimum Gasteiger partial charge on any atom is -0.494 e. The van der Waals surface area contributed by atoms with Crippen LogP contribution in [0.5, 0.6) is 5.75 Å². The molecule has 3 aromatic rings. The summed E-state index contributed by atoms with van der Waals surface area (Å²) in [6, 6.07) is 9.81. The number of ether oxygens (including phenoxy) is 1. The Balaban J connectivity index is 1.28. The zero-order chi connectivity index (χ0) is 26.5. The van der Waals surface area contributed by atoms with Gasteiger partial charge < -0.3 is 15.0 Å². The number of thiophene rings is 1. The van der Waals surface area contributed by atoms with Gasteiger partial charge in [-0.15, -0.1) is 16.4 Å². The number of Topliss-reactive ketones (excluding diaryl/α,β-unsaturated/α-hetero) is 1. The Kier molecular flexibility index (Phi) is 7.87. The molecule has 200 valence electrons. The molecular weight excluding hydrogens is 502 g/mol. The van der Waals surface area contributed by atoms with Crippen molar-refractivity contribution in [1.82, 2.24) is 25.2 Å². The first kappa shape index (κ1) is 26.1. The average Bonchev–Trinajstić information content (AvgIpc) is 3.57. The smallest absolute Gasteiger partial charge is 0.227 e. The number of hydrogen-bond acceptors (Lipinski definition) is 7. The molecule has 5 heterocycles. The average molecular weight is 536 g/mol. The minimum atomic E-state index is -0.650. The van der Waals surface area contributed by atoms with E-state index >= 15 is 0 Å². The van der Waals surface area contributed by atoms with E-state index in [-0.39, 0.29) is 24.0 Å². The van der Waals surface area contributed by atoms with Crippen LogP contribution in [0.1, 0.15) is 52.7 Å². The predicted molar refractivity (Wildman–Crippen MR) is 143 cm³/mol. The first-order chi connectivity index (χ1) is 18.4. The van der Waals surface area contributed by atoms with Crippen LogP contribution in [0, 0.1) is 5.41 Å². The van der Waals surface area contributed by atoms with Crippen molar-refractivity contribution in [3.8, 4) is 5.75 Å². The number of hydrogen-bond donors (Lipinski definition) is 1. The van der Waals surface area contributed by atoms with Gasteiger partial charge in [0.25, 0.3) is 0 Å². The Morgan fingerprint density at radius 3 is 2.68 bits per heavy atom. The highest BCUT2D eigenvalue weighted by molar-refractivity contribution is 7.12. The largest absolute Gasteiger partial charge is 0.494 e. The molecule has 6 rings (SSSR count). The second-order valence-electron chi connectivity index (χ2n) is 10.2. The van der Waals surface area contributed by atoms with E-state index in [0.29, 0.717) is 56.9 Å². The number of benzene rings is 1. The summed E-state index contributed by atoms with van der Waals surface area (Å²) in [7, 11) is 0. The van der Waals surface area contributed by atoms with Crippen molar-refractivity contribution in [1.29, 1.82) is 0 Å². The molecule has 0 saturated carbocycles. The molecule has 4 bridgehead atoms. The van der Waals surface area contributed by atoms with Gasteiger partial charge in [0.15, 0.2) is 5.78 Å². The lowest BCUT2D eigenvalue weighted by molar-refractivity contribution is -0.140. The van der Waals surface area contributed by atoms with Crippen molar-refractivity contribution in [3.05, 3.63) is 63.6 Å². The van der Waals surface area contributed by atoms with Gasteiger partial charge in [-0.05, 0) is 60.9 Å². The quantitative estimate of drug-likeness (QED) is 0.517.